The van der Waals surface area contributed by atoms with Crippen LogP contribution in [0.1, 0.15) is 23.7 Å². The molecule has 0 amide bonds. The number of rotatable bonds is 5. The molecule has 2 aromatic rings. The van der Waals surface area contributed by atoms with E-state index in [4.69, 9.17) is 18.0 Å². The summed E-state index contributed by atoms with van der Waals surface area (Å²) in [6.45, 7) is 2.63. The SMILES string of the molecule is CCc1cccnc1CNc1ccc(F)cc1C(N)=S. The molecule has 5 heteroatoms. The second-order valence-electron chi connectivity index (χ2n) is 4.37. The minimum absolute atomic E-state index is 0.170. The number of hydrogen-bond acceptors (Lipinski definition) is 3. The van der Waals surface area contributed by atoms with E-state index in [1.165, 1.54) is 17.7 Å². The molecule has 1 aromatic heterocycles. The van der Waals surface area contributed by atoms with Crippen molar-refractivity contribution in [1.82, 2.24) is 4.98 Å². The van der Waals surface area contributed by atoms with Crippen molar-refractivity contribution in [3.8, 4) is 0 Å². The van der Waals surface area contributed by atoms with Gasteiger partial charge in [-0.3, -0.25) is 4.98 Å². The van der Waals surface area contributed by atoms with Crippen molar-refractivity contribution in [2.75, 3.05) is 5.32 Å². The molecule has 0 aliphatic carbocycles. The molecule has 0 saturated carbocycles. The number of nitrogens with two attached hydrogens (primary N) is 1. The first-order valence-electron chi connectivity index (χ1n) is 6.37. The number of halogens is 1. The molecular weight excluding hydrogens is 273 g/mol. The number of nitrogens with zero attached hydrogens (tertiary/aromatic N) is 1. The fourth-order valence-corrected chi connectivity index (χ4v) is 2.17. The van der Waals surface area contributed by atoms with E-state index in [1.807, 2.05) is 12.1 Å². The summed E-state index contributed by atoms with van der Waals surface area (Å²) in [6.07, 6.45) is 2.67. The predicted molar refractivity (Wildman–Crippen MR) is 83.2 cm³/mol. The summed E-state index contributed by atoms with van der Waals surface area (Å²) in [7, 11) is 0. The Morgan fingerprint density at radius 3 is 2.90 bits per heavy atom. The normalized spacial score (nSPS) is 10.3. The first-order valence-corrected chi connectivity index (χ1v) is 6.78. The van der Waals surface area contributed by atoms with E-state index in [2.05, 4.69) is 17.2 Å². The second kappa shape index (κ2) is 6.43. The van der Waals surface area contributed by atoms with Gasteiger partial charge < -0.3 is 11.1 Å². The summed E-state index contributed by atoms with van der Waals surface area (Å²) < 4.78 is 13.2. The van der Waals surface area contributed by atoms with Crippen LogP contribution in [-0.2, 0) is 13.0 Å². The van der Waals surface area contributed by atoms with Crippen LogP contribution in [0.2, 0.25) is 0 Å². The van der Waals surface area contributed by atoms with Gasteiger partial charge in [-0.05, 0) is 36.2 Å². The molecular formula is C15H16FN3S. The largest absolute Gasteiger partial charge is 0.389 e. The Kier molecular flexibility index (Phi) is 4.63. The van der Waals surface area contributed by atoms with Gasteiger partial charge in [0.15, 0.2) is 0 Å². The Morgan fingerprint density at radius 1 is 1.40 bits per heavy atom. The van der Waals surface area contributed by atoms with Gasteiger partial charge in [-0.25, -0.2) is 4.39 Å². The number of hydrogen-bond donors (Lipinski definition) is 2. The van der Waals surface area contributed by atoms with Crippen molar-refractivity contribution in [1.29, 1.82) is 0 Å². The van der Waals surface area contributed by atoms with E-state index < -0.39 is 0 Å². The lowest BCUT2D eigenvalue weighted by molar-refractivity contribution is 0.627. The molecule has 1 aromatic carbocycles. The average Bonchev–Trinajstić information content (AvgIpc) is 2.46. The third-order valence-corrected chi connectivity index (χ3v) is 3.28. The maximum absolute atomic E-state index is 13.2. The fraction of sp³-hybridized carbons (Fsp3) is 0.200. The topological polar surface area (TPSA) is 50.9 Å². The number of anilines is 1. The Morgan fingerprint density at radius 2 is 2.20 bits per heavy atom. The molecule has 0 fully saturated rings. The van der Waals surface area contributed by atoms with Gasteiger partial charge in [0.05, 0.1) is 12.2 Å². The van der Waals surface area contributed by atoms with Crippen LogP contribution in [0.15, 0.2) is 36.5 Å². The van der Waals surface area contributed by atoms with Crippen molar-refractivity contribution in [3.63, 3.8) is 0 Å². The van der Waals surface area contributed by atoms with Gasteiger partial charge >= 0.3 is 0 Å². The van der Waals surface area contributed by atoms with Gasteiger partial charge in [0.2, 0.25) is 0 Å². The fourth-order valence-electron chi connectivity index (χ4n) is 2.01. The van der Waals surface area contributed by atoms with Crippen molar-refractivity contribution < 1.29 is 4.39 Å². The zero-order chi connectivity index (χ0) is 14.5. The Bertz CT molecular complexity index is 628. The number of benzene rings is 1. The monoisotopic (exact) mass is 289 g/mol. The van der Waals surface area contributed by atoms with Gasteiger partial charge in [-0.1, -0.05) is 25.2 Å². The molecule has 0 saturated heterocycles. The lowest BCUT2D eigenvalue weighted by Crippen LogP contribution is -2.14. The van der Waals surface area contributed by atoms with Crippen LogP contribution in [0.25, 0.3) is 0 Å². The van der Waals surface area contributed by atoms with E-state index in [-0.39, 0.29) is 10.8 Å². The van der Waals surface area contributed by atoms with Gasteiger partial charge in [0.1, 0.15) is 10.8 Å². The molecule has 104 valence electrons. The zero-order valence-corrected chi connectivity index (χ0v) is 12.0. The first-order chi connectivity index (χ1) is 9.61. The molecule has 0 radical (unpaired) electrons. The summed E-state index contributed by atoms with van der Waals surface area (Å²) in [5, 5.41) is 3.22. The highest BCUT2D eigenvalue weighted by Gasteiger charge is 2.08. The molecule has 0 unspecified atom stereocenters. The van der Waals surface area contributed by atoms with Gasteiger partial charge in [-0.15, -0.1) is 0 Å². The molecule has 0 atom stereocenters. The van der Waals surface area contributed by atoms with Gasteiger partial charge in [0, 0.05) is 17.4 Å². The zero-order valence-electron chi connectivity index (χ0n) is 11.2. The van der Waals surface area contributed by atoms with E-state index in [1.54, 1.807) is 12.3 Å². The Labute approximate surface area is 123 Å². The Hall–Kier alpha value is -2.01. The van der Waals surface area contributed by atoms with Crippen LogP contribution in [0.3, 0.4) is 0 Å². The summed E-state index contributed by atoms with van der Waals surface area (Å²) >= 11 is 4.94. The maximum atomic E-state index is 13.2. The quantitative estimate of drug-likeness (QED) is 0.831. The first kappa shape index (κ1) is 14.4. The molecule has 20 heavy (non-hydrogen) atoms. The third kappa shape index (κ3) is 3.30. The van der Waals surface area contributed by atoms with Gasteiger partial charge in [0.25, 0.3) is 0 Å². The highest BCUT2D eigenvalue weighted by Crippen LogP contribution is 2.18. The lowest BCUT2D eigenvalue weighted by atomic mass is 10.1. The predicted octanol–water partition coefficient (Wildman–Crippen LogP) is 3.03. The Balaban J connectivity index is 2.21. The molecule has 0 aliphatic rings. The summed E-state index contributed by atoms with van der Waals surface area (Å²) in [6, 6.07) is 8.31. The molecule has 0 bridgehead atoms. The summed E-state index contributed by atoms with van der Waals surface area (Å²) in [5.74, 6) is -0.356. The number of thiocarbonyl (C=S) groups is 1. The maximum Gasteiger partial charge on any atom is 0.124 e. The van der Waals surface area contributed by atoms with Gasteiger partial charge in [-0.2, -0.15) is 0 Å². The number of pyridine rings is 1. The smallest absolute Gasteiger partial charge is 0.124 e. The van der Waals surface area contributed by atoms with Crippen molar-refractivity contribution in [3.05, 3.63) is 59.2 Å². The molecule has 1 heterocycles. The molecule has 2 rings (SSSR count). The standard InChI is InChI=1S/C15H16FN3S/c1-2-10-4-3-7-18-14(10)9-19-13-6-5-11(16)8-12(13)15(17)20/h3-8,19H,2,9H2,1H3,(H2,17,20). The number of nitrogens with one attached hydrogen (secondary N) is 1. The lowest BCUT2D eigenvalue weighted by Gasteiger charge is -2.12. The van der Waals surface area contributed by atoms with Crippen LogP contribution >= 0.6 is 12.2 Å². The van der Waals surface area contributed by atoms with E-state index >= 15 is 0 Å². The molecule has 3 N–H and O–H groups in total. The summed E-state index contributed by atoms with van der Waals surface area (Å²) in [5.41, 5.74) is 8.99. The minimum atomic E-state index is -0.356. The minimum Gasteiger partial charge on any atom is -0.389 e. The van der Waals surface area contributed by atoms with Crippen LogP contribution in [-0.4, -0.2) is 9.97 Å². The van der Waals surface area contributed by atoms with Crippen molar-refractivity contribution in [2.24, 2.45) is 5.73 Å². The molecule has 0 aliphatic heterocycles. The van der Waals surface area contributed by atoms with Crippen LogP contribution in [0, 0.1) is 5.82 Å². The van der Waals surface area contributed by atoms with E-state index in [0.29, 0.717) is 17.8 Å². The third-order valence-electron chi connectivity index (χ3n) is 3.06. The van der Waals surface area contributed by atoms with E-state index in [0.717, 1.165) is 12.1 Å². The summed E-state index contributed by atoms with van der Waals surface area (Å²) in [4.78, 5) is 4.53. The van der Waals surface area contributed by atoms with Crippen LogP contribution in [0.5, 0.6) is 0 Å². The number of aryl methyl sites for hydroxylation is 1. The molecule has 0 spiro atoms. The highest BCUT2D eigenvalue weighted by atomic mass is 32.1. The number of aromatic nitrogens is 1. The second-order valence-corrected chi connectivity index (χ2v) is 4.81. The highest BCUT2D eigenvalue weighted by molar-refractivity contribution is 7.80. The van der Waals surface area contributed by atoms with Crippen LogP contribution < -0.4 is 11.1 Å². The molecule has 3 nitrogen and oxygen atoms in total. The van der Waals surface area contributed by atoms with Crippen LogP contribution in [0.4, 0.5) is 10.1 Å². The van der Waals surface area contributed by atoms with Crippen molar-refractivity contribution >= 4 is 22.9 Å². The average molecular weight is 289 g/mol. The van der Waals surface area contributed by atoms with Crippen molar-refractivity contribution in [2.45, 2.75) is 19.9 Å². The van der Waals surface area contributed by atoms with E-state index in [9.17, 15) is 4.39 Å².